The summed E-state index contributed by atoms with van der Waals surface area (Å²) >= 11 is 1.68. The number of hydrogen-bond acceptors (Lipinski definition) is 3. The summed E-state index contributed by atoms with van der Waals surface area (Å²) in [6.07, 6.45) is 2.78. The molecule has 0 spiro atoms. The highest BCUT2D eigenvalue weighted by Crippen LogP contribution is 2.61. The van der Waals surface area contributed by atoms with Gasteiger partial charge in [-0.3, -0.25) is 4.79 Å². The maximum absolute atomic E-state index is 11.5. The maximum Gasteiger partial charge on any atom is 0.312 e. The molecule has 1 atom stereocenters. The number of carboxylic acid groups (broad SMARTS) is 1. The van der Waals surface area contributed by atoms with Gasteiger partial charge in [-0.15, -0.1) is 0 Å². The average molecular weight is 244 g/mol. The third-order valence-corrected chi connectivity index (χ3v) is 5.34. The van der Waals surface area contributed by atoms with Gasteiger partial charge in [0, 0.05) is 5.75 Å². The molecule has 2 rings (SSSR count). The molecule has 3 nitrogen and oxygen atoms in total. The summed E-state index contributed by atoms with van der Waals surface area (Å²) < 4.78 is 0. The van der Waals surface area contributed by atoms with Crippen LogP contribution in [0.1, 0.15) is 39.5 Å². The van der Waals surface area contributed by atoms with Crippen molar-refractivity contribution < 1.29 is 15.0 Å². The highest BCUT2D eigenvalue weighted by molar-refractivity contribution is 7.99. The van der Waals surface area contributed by atoms with Gasteiger partial charge in [0.05, 0.1) is 11.0 Å². The normalized spacial score (nSPS) is 36.4. The molecule has 1 saturated carbocycles. The Hall–Kier alpha value is -0.220. The van der Waals surface area contributed by atoms with Gasteiger partial charge in [-0.2, -0.15) is 11.8 Å². The fraction of sp³-hybridized carbons (Fsp3) is 0.917. The zero-order chi connectivity index (χ0) is 12.0. The molecule has 2 N–H and O–H groups in total. The minimum atomic E-state index is -0.989. The standard InChI is InChI=1S/C12H20O3S/c1-10(2)6-11(7-10,9(13)14)12(15)4-3-5-16-8-12/h15H,3-8H2,1-2H3,(H,13,14). The Morgan fingerprint density at radius 2 is 1.94 bits per heavy atom. The van der Waals surface area contributed by atoms with Crippen molar-refractivity contribution in [3.05, 3.63) is 0 Å². The number of carboxylic acids is 1. The monoisotopic (exact) mass is 244 g/mol. The van der Waals surface area contributed by atoms with Crippen molar-refractivity contribution >= 4 is 17.7 Å². The molecule has 0 amide bonds. The van der Waals surface area contributed by atoms with Gasteiger partial charge < -0.3 is 10.2 Å². The number of aliphatic hydroxyl groups is 1. The Morgan fingerprint density at radius 3 is 2.31 bits per heavy atom. The van der Waals surface area contributed by atoms with E-state index in [1.165, 1.54) is 0 Å². The first kappa shape index (κ1) is 12.2. The first-order chi connectivity index (χ1) is 7.31. The van der Waals surface area contributed by atoms with Crippen LogP contribution < -0.4 is 0 Å². The van der Waals surface area contributed by atoms with E-state index in [0.717, 1.165) is 12.2 Å². The van der Waals surface area contributed by atoms with Crippen LogP contribution in [0.25, 0.3) is 0 Å². The quantitative estimate of drug-likeness (QED) is 0.781. The van der Waals surface area contributed by atoms with Gasteiger partial charge >= 0.3 is 5.97 Å². The third-order valence-electron chi connectivity index (χ3n) is 4.08. The fourth-order valence-electron chi connectivity index (χ4n) is 3.42. The number of carbonyl (C=O) groups is 1. The number of rotatable bonds is 2. The molecule has 2 aliphatic rings. The van der Waals surface area contributed by atoms with Gasteiger partial charge in [0.25, 0.3) is 0 Å². The van der Waals surface area contributed by atoms with Crippen molar-refractivity contribution in [2.45, 2.75) is 45.1 Å². The van der Waals surface area contributed by atoms with Crippen molar-refractivity contribution in [2.24, 2.45) is 10.8 Å². The second-order valence-corrected chi connectivity index (χ2v) is 7.20. The zero-order valence-electron chi connectivity index (χ0n) is 9.95. The van der Waals surface area contributed by atoms with Gasteiger partial charge in [-0.1, -0.05) is 13.8 Å². The number of hydrogen-bond donors (Lipinski definition) is 2. The van der Waals surface area contributed by atoms with Gasteiger partial charge in [0.15, 0.2) is 0 Å². The molecule has 0 bridgehead atoms. The van der Waals surface area contributed by atoms with Crippen LogP contribution in [0.15, 0.2) is 0 Å². The molecule has 1 aliphatic heterocycles. The fourth-order valence-corrected chi connectivity index (χ4v) is 4.67. The Balaban J connectivity index is 2.24. The molecule has 16 heavy (non-hydrogen) atoms. The van der Waals surface area contributed by atoms with Gasteiger partial charge in [-0.25, -0.2) is 0 Å². The molecular weight excluding hydrogens is 224 g/mol. The van der Waals surface area contributed by atoms with E-state index in [9.17, 15) is 15.0 Å². The van der Waals surface area contributed by atoms with E-state index in [1.54, 1.807) is 11.8 Å². The lowest BCUT2D eigenvalue weighted by Crippen LogP contribution is -2.64. The minimum absolute atomic E-state index is 0.0657. The summed E-state index contributed by atoms with van der Waals surface area (Å²) in [4.78, 5) is 11.5. The first-order valence-corrected chi connectivity index (χ1v) is 7.00. The summed E-state index contributed by atoms with van der Waals surface area (Å²) in [5.41, 5.74) is -1.81. The van der Waals surface area contributed by atoms with E-state index in [-0.39, 0.29) is 5.41 Å². The molecule has 1 unspecified atom stereocenters. The van der Waals surface area contributed by atoms with E-state index in [1.807, 2.05) is 0 Å². The molecule has 0 aromatic carbocycles. The number of thioether (sulfide) groups is 1. The van der Waals surface area contributed by atoms with Gasteiger partial charge in [0.1, 0.15) is 0 Å². The summed E-state index contributed by atoms with van der Waals surface area (Å²) in [6.45, 7) is 4.15. The van der Waals surface area contributed by atoms with Crippen LogP contribution >= 0.6 is 11.8 Å². The summed E-state index contributed by atoms with van der Waals surface area (Å²) in [5, 5.41) is 20.1. The van der Waals surface area contributed by atoms with E-state index in [2.05, 4.69) is 13.8 Å². The van der Waals surface area contributed by atoms with Crippen molar-refractivity contribution in [2.75, 3.05) is 11.5 Å². The zero-order valence-corrected chi connectivity index (χ0v) is 10.8. The molecular formula is C12H20O3S. The second kappa shape index (κ2) is 3.64. The molecule has 0 aromatic rings. The lowest BCUT2D eigenvalue weighted by Gasteiger charge is -2.58. The second-order valence-electron chi connectivity index (χ2n) is 6.09. The number of aliphatic carboxylic acids is 1. The van der Waals surface area contributed by atoms with Crippen LogP contribution in [0.3, 0.4) is 0 Å². The summed E-state index contributed by atoms with van der Waals surface area (Å²) in [5.74, 6) is 0.813. The lowest BCUT2D eigenvalue weighted by molar-refractivity contribution is -0.202. The van der Waals surface area contributed by atoms with Crippen LogP contribution in [0, 0.1) is 10.8 Å². The molecule has 2 fully saturated rings. The van der Waals surface area contributed by atoms with Crippen molar-refractivity contribution in [1.82, 2.24) is 0 Å². The molecule has 1 aliphatic carbocycles. The SMILES string of the molecule is CC1(C)CC(C(=O)O)(C2(O)CCCSC2)C1. The molecule has 92 valence electrons. The Morgan fingerprint density at radius 1 is 1.31 bits per heavy atom. The van der Waals surface area contributed by atoms with Crippen molar-refractivity contribution in [3.63, 3.8) is 0 Å². The van der Waals surface area contributed by atoms with Gasteiger partial charge in [0.2, 0.25) is 0 Å². The van der Waals surface area contributed by atoms with Crippen LogP contribution in [0.2, 0.25) is 0 Å². The highest BCUT2D eigenvalue weighted by atomic mass is 32.2. The van der Waals surface area contributed by atoms with Gasteiger partial charge in [-0.05, 0) is 36.9 Å². The van der Waals surface area contributed by atoms with E-state index < -0.39 is 17.0 Å². The predicted molar refractivity (Wildman–Crippen MR) is 64.6 cm³/mol. The van der Waals surface area contributed by atoms with E-state index in [4.69, 9.17) is 0 Å². The van der Waals surface area contributed by atoms with Crippen LogP contribution in [0.5, 0.6) is 0 Å². The van der Waals surface area contributed by atoms with Crippen LogP contribution in [-0.4, -0.2) is 33.3 Å². The van der Waals surface area contributed by atoms with Crippen molar-refractivity contribution in [1.29, 1.82) is 0 Å². The van der Waals surface area contributed by atoms with E-state index in [0.29, 0.717) is 25.0 Å². The van der Waals surface area contributed by atoms with Crippen LogP contribution in [-0.2, 0) is 4.79 Å². The van der Waals surface area contributed by atoms with E-state index >= 15 is 0 Å². The first-order valence-electron chi connectivity index (χ1n) is 5.85. The minimum Gasteiger partial charge on any atom is -0.481 e. The third kappa shape index (κ3) is 1.66. The Labute approximate surface area is 101 Å². The Bertz CT molecular complexity index is 297. The largest absolute Gasteiger partial charge is 0.481 e. The average Bonchev–Trinajstić information content (AvgIpc) is 2.14. The van der Waals surface area contributed by atoms with Crippen molar-refractivity contribution in [3.8, 4) is 0 Å². The predicted octanol–water partition coefficient (Wildman–Crippen LogP) is 2.14. The smallest absolute Gasteiger partial charge is 0.312 e. The van der Waals surface area contributed by atoms with Crippen LogP contribution in [0.4, 0.5) is 0 Å². The molecule has 1 saturated heterocycles. The molecule has 4 heteroatoms. The summed E-state index contributed by atoms with van der Waals surface area (Å²) in [7, 11) is 0. The molecule has 0 radical (unpaired) electrons. The Kier molecular flexibility index (Phi) is 2.78. The maximum atomic E-state index is 11.5. The molecule has 0 aromatic heterocycles. The topological polar surface area (TPSA) is 57.5 Å². The summed E-state index contributed by atoms with van der Waals surface area (Å²) in [6, 6.07) is 0. The lowest BCUT2D eigenvalue weighted by atomic mass is 9.48. The highest BCUT2D eigenvalue weighted by Gasteiger charge is 2.65. The molecule has 1 heterocycles.